The Balaban J connectivity index is 2.42. The zero-order valence-electron chi connectivity index (χ0n) is 11.4. The lowest BCUT2D eigenvalue weighted by molar-refractivity contribution is 0.0983. The predicted octanol–water partition coefficient (Wildman–Crippen LogP) is 4.56. The van der Waals surface area contributed by atoms with Gasteiger partial charge in [-0.05, 0) is 54.0 Å². The minimum atomic E-state index is -0.519. The summed E-state index contributed by atoms with van der Waals surface area (Å²) in [5.41, 5.74) is 1.94. The first-order chi connectivity index (χ1) is 9.54. The molecule has 0 unspecified atom stereocenters. The third-order valence-corrected chi connectivity index (χ3v) is 3.74. The van der Waals surface area contributed by atoms with E-state index in [0.717, 1.165) is 11.3 Å². The molecule has 0 aromatic heterocycles. The molecule has 0 saturated carbocycles. The molecule has 0 aliphatic heterocycles. The van der Waals surface area contributed by atoms with E-state index in [-0.39, 0.29) is 11.5 Å². The Kier molecular flexibility index (Phi) is 4.55. The molecule has 0 aliphatic carbocycles. The first-order valence-electron chi connectivity index (χ1n) is 6.37. The van der Waals surface area contributed by atoms with Gasteiger partial charge in [0.2, 0.25) is 0 Å². The second-order valence-corrected chi connectivity index (χ2v) is 5.34. The van der Waals surface area contributed by atoms with E-state index in [2.05, 4.69) is 15.9 Å². The summed E-state index contributed by atoms with van der Waals surface area (Å²) in [6.45, 7) is 4.32. The molecule has 0 atom stereocenters. The van der Waals surface area contributed by atoms with Crippen molar-refractivity contribution in [3.63, 3.8) is 0 Å². The van der Waals surface area contributed by atoms with Gasteiger partial charge in [-0.25, -0.2) is 4.39 Å². The van der Waals surface area contributed by atoms with Crippen LogP contribution in [0.25, 0.3) is 0 Å². The zero-order valence-corrected chi connectivity index (χ0v) is 12.9. The second-order valence-electron chi connectivity index (χ2n) is 4.48. The highest BCUT2D eigenvalue weighted by Gasteiger charge is 2.21. The normalized spacial score (nSPS) is 10.4. The Labute approximate surface area is 126 Å². The molecule has 2 aromatic carbocycles. The molecular formula is C16H15BrFNO. The zero-order chi connectivity index (χ0) is 14.7. The molecule has 0 radical (unpaired) electrons. The van der Waals surface area contributed by atoms with Crippen LogP contribution >= 0.6 is 15.9 Å². The molecule has 2 nitrogen and oxygen atoms in total. The van der Waals surface area contributed by atoms with Crippen molar-refractivity contribution in [1.29, 1.82) is 0 Å². The average Bonchev–Trinajstić information content (AvgIpc) is 2.41. The van der Waals surface area contributed by atoms with E-state index >= 15 is 0 Å². The maximum Gasteiger partial charge on any atom is 0.262 e. The number of hydrogen-bond acceptors (Lipinski definition) is 1. The summed E-state index contributed by atoms with van der Waals surface area (Å²) in [4.78, 5) is 14.1. The SMILES string of the molecule is CCN(C(=O)c1c(F)cccc1Br)c1ccc(C)cc1. The predicted molar refractivity (Wildman–Crippen MR) is 82.6 cm³/mol. The van der Waals surface area contributed by atoms with Crippen molar-refractivity contribution >= 4 is 27.5 Å². The Morgan fingerprint density at radius 3 is 2.40 bits per heavy atom. The highest BCUT2D eigenvalue weighted by molar-refractivity contribution is 9.10. The van der Waals surface area contributed by atoms with Crippen molar-refractivity contribution in [3.05, 3.63) is 63.9 Å². The third-order valence-electron chi connectivity index (χ3n) is 3.08. The van der Waals surface area contributed by atoms with E-state index in [1.54, 1.807) is 17.0 Å². The van der Waals surface area contributed by atoms with Gasteiger partial charge < -0.3 is 4.90 Å². The van der Waals surface area contributed by atoms with Crippen LogP contribution in [0.3, 0.4) is 0 Å². The molecule has 0 fully saturated rings. The quantitative estimate of drug-likeness (QED) is 0.804. The molecule has 1 amide bonds. The van der Waals surface area contributed by atoms with Gasteiger partial charge in [-0.15, -0.1) is 0 Å². The van der Waals surface area contributed by atoms with E-state index in [4.69, 9.17) is 0 Å². The van der Waals surface area contributed by atoms with Crippen LogP contribution in [0.15, 0.2) is 46.9 Å². The lowest BCUT2D eigenvalue weighted by Gasteiger charge is -2.22. The number of rotatable bonds is 3. The number of anilines is 1. The van der Waals surface area contributed by atoms with Crippen molar-refractivity contribution in [2.24, 2.45) is 0 Å². The summed E-state index contributed by atoms with van der Waals surface area (Å²) in [5, 5.41) is 0. The first kappa shape index (κ1) is 14.7. The molecule has 4 heteroatoms. The fourth-order valence-electron chi connectivity index (χ4n) is 2.01. The number of nitrogens with zero attached hydrogens (tertiary/aromatic N) is 1. The molecule has 20 heavy (non-hydrogen) atoms. The summed E-state index contributed by atoms with van der Waals surface area (Å²) in [6.07, 6.45) is 0. The van der Waals surface area contributed by atoms with E-state index in [1.807, 2.05) is 38.1 Å². The third kappa shape index (κ3) is 2.90. The summed E-state index contributed by atoms with van der Waals surface area (Å²) in [7, 11) is 0. The van der Waals surface area contributed by atoms with E-state index in [0.29, 0.717) is 11.0 Å². The summed E-state index contributed by atoms with van der Waals surface area (Å²) in [5.74, 6) is -0.865. The van der Waals surface area contributed by atoms with Crippen LogP contribution in [0, 0.1) is 12.7 Å². The molecule has 2 aromatic rings. The van der Waals surface area contributed by atoms with E-state index in [1.165, 1.54) is 6.07 Å². The number of carbonyl (C=O) groups is 1. The number of aryl methyl sites for hydroxylation is 1. The van der Waals surface area contributed by atoms with Gasteiger partial charge in [0.25, 0.3) is 5.91 Å². The number of hydrogen-bond donors (Lipinski definition) is 0. The van der Waals surface area contributed by atoms with Gasteiger partial charge in [0.1, 0.15) is 5.82 Å². The lowest BCUT2D eigenvalue weighted by Crippen LogP contribution is -2.31. The molecule has 0 bridgehead atoms. The average molecular weight is 336 g/mol. The largest absolute Gasteiger partial charge is 0.309 e. The van der Waals surface area contributed by atoms with Crippen molar-refractivity contribution in [2.75, 3.05) is 11.4 Å². The maximum absolute atomic E-state index is 13.9. The van der Waals surface area contributed by atoms with Gasteiger partial charge >= 0.3 is 0 Å². The molecule has 0 N–H and O–H groups in total. The fraction of sp³-hybridized carbons (Fsp3) is 0.188. The Hall–Kier alpha value is -1.68. The van der Waals surface area contributed by atoms with Crippen LogP contribution in [0.2, 0.25) is 0 Å². The van der Waals surface area contributed by atoms with Gasteiger partial charge in [-0.2, -0.15) is 0 Å². The van der Waals surface area contributed by atoms with E-state index < -0.39 is 5.82 Å². The molecule has 0 spiro atoms. The minimum absolute atomic E-state index is 0.0647. The summed E-state index contributed by atoms with van der Waals surface area (Å²) in [6, 6.07) is 12.1. The van der Waals surface area contributed by atoms with Gasteiger partial charge in [-0.1, -0.05) is 23.8 Å². The van der Waals surface area contributed by atoms with Crippen LogP contribution < -0.4 is 4.90 Å². The number of benzene rings is 2. The topological polar surface area (TPSA) is 20.3 Å². The van der Waals surface area contributed by atoms with Crippen LogP contribution in [0.5, 0.6) is 0 Å². The highest BCUT2D eigenvalue weighted by atomic mass is 79.9. The monoisotopic (exact) mass is 335 g/mol. The first-order valence-corrected chi connectivity index (χ1v) is 7.16. The van der Waals surface area contributed by atoms with Crippen molar-refractivity contribution < 1.29 is 9.18 Å². The second kappa shape index (κ2) is 6.18. The molecular weight excluding hydrogens is 321 g/mol. The summed E-state index contributed by atoms with van der Waals surface area (Å²) >= 11 is 3.24. The minimum Gasteiger partial charge on any atom is -0.309 e. The van der Waals surface area contributed by atoms with Crippen molar-refractivity contribution in [2.45, 2.75) is 13.8 Å². The van der Waals surface area contributed by atoms with Crippen LogP contribution in [0.1, 0.15) is 22.8 Å². The van der Waals surface area contributed by atoms with E-state index in [9.17, 15) is 9.18 Å². The summed E-state index contributed by atoms with van der Waals surface area (Å²) < 4.78 is 14.4. The standard InChI is InChI=1S/C16H15BrFNO/c1-3-19(12-9-7-11(2)8-10-12)16(20)15-13(17)5-4-6-14(15)18/h4-10H,3H2,1-2H3. The Morgan fingerprint density at radius 1 is 1.20 bits per heavy atom. The number of amides is 1. The van der Waals surface area contributed by atoms with Crippen molar-refractivity contribution in [3.8, 4) is 0 Å². The molecule has 2 rings (SSSR count). The highest BCUT2D eigenvalue weighted by Crippen LogP contribution is 2.24. The molecule has 0 heterocycles. The van der Waals surface area contributed by atoms with Gasteiger partial charge in [0.15, 0.2) is 0 Å². The lowest BCUT2D eigenvalue weighted by atomic mass is 10.1. The number of carbonyl (C=O) groups excluding carboxylic acids is 1. The smallest absolute Gasteiger partial charge is 0.262 e. The fourth-order valence-corrected chi connectivity index (χ4v) is 2.52. The Bertz CT molecular complexity index is 605. The van der Waals surface area contributed by atoms with Gasteiger partial charge in [-0.3, -0.25) is 4.79 Å². The van der Waals surface area contributed by atoms with Crippen LogP contribution in [-0.4, -0.2) is 12.5 Å². The van der Waals surface area contributed by atoms with Crippen molar-refractivity contribution in [1.82, 2.24) is 0 Å². The Morgan fingerprint density at radius 2 is 1.85 bits per heavy atom. The van der Waals surface area contributed by atoms with Gasteiger partial charge in [0, 0.05) is 16.7 Å². The number of halogens is 2. The molecule has 104 valence electrons. The van der Waals surface area contributed by atoms with Gasteiger partial charge in [0.05, 0.1) is 5.56 Å². The molecule has 0 aliphatic rings. The maximum atomic E-state index is 13.9. The molecule has 0 saturated heterocycles. The van der Waals surface area contributed by atoms with Crippen LogP contribution in [-0.2, 0) is 0 Å². The van der Waals surface area contributed by atoms with Crippen LogP contribution in [0.4, 0.5) is 10.1 Å².